The van der Waals surface area contributed by atoms with E-state index in [9.17, 15) is 19.5 Å². The van der Waals surface area contributed by atoms with Gasteiger partial charge in [-0.1, -0.05) is 12.8 Å². The Hall–Kier alpha value is -2.49. The van der Waals surface area contributed by atoms with Crippen molar-refractivity contribution in [2.45, 2.75) is 49.9 Å². The van der Waals surface area contributed by atoms with Crippen molar-refractivity contribution in [3.05, 3.63) is 29.3 Å². The average molecular weight is 471 g/mol. The van der Waals surface area contributed by atoms with Crippen molar-refractivity contribution >= 4 is 23.3 Å². The van der Waals surface area contributed by atoms with E-state index in [0.717, 1.165) is 57.5 Å². The van der Waals surface area contributed by atoms with Gasteiger partial charge in [0, 0.05) is 37.4 Å². The number of hydrogen-bond donors (Lipinski definition) is 2. The minimum Gasteiger partial charge on any atom is -0.388 e. The summed E-state index contributed by atoms with van der Waals surface area (Å²) in [6.45, 7) is 3.58. The van der Waals surface area contributed by atoms with Crippen LogP contribution >= 0.6 is 0 Å². The lowest BCUT2D eigenvalue weighted by Gasteiger charge is -2.35. The van der Waals surface area contributed by atoms with Gasteiger partial charge in [-0.05, 0) is 49.6 Å². The number of amides is 2. The topological polar surface area (TPSA) is 116 Å². The number of ketones is 1. The predicted octanol–water partition coefficient (Wildman–Crippen LogP) is 0.351. The lowest BCUT2D eigenvalue weighted by molar-refractivity contribution is -0.139. The number of hydrogen-bond acceptors (Lipinski definition) is 7. The molecule has 34 heavy (non-hydrogen) atoms. The van der Waals surface area contributed by atoms with Gasteiger partial charge in [0.15, 0.2) is 5.78 Å². The second-order valence-corrected chi connectivity index (χ2v) is 10.2. The van der Waals surface area contributed by atoms with E-state index in [4.69, 9.17) is 10.5 Å². The number of carbonyl (C=O) groups excluding carboxylic acids is 3. The van der Waals surface area contributed by atoms with Crippen LogP contribution in [-0.4, -0.2) is 97.1 Å². The van der Waals surface area contributed by atoms with Gasteiger partial charge < -0.3 is 30.3 Å². The number of fused-ring (bicyclic) bond motifs is 1. The highest BCUT2D eigenvalue weighted by atomic mass is 16.5. The number of aliphatic hydroxyl groups excluding tert-OH is 1. The number of nitrogens with zero attached hydrogens (tertiary/aromatic N) is 3. The number of nitrogens with two attached hydrogens (primary N) is 1. The Morgan fingerprint density at radius 3 is 2.53 bits per heavy atom. The number of likely N-dealkylation sites (tertiary alicyclic amines) is 1. The number of primary amides is 1. The number of β-amino-alcohol motifs (C(OH)–C–C–N with tert-alkyl or cyclic N) is 1. The molecule has 0 radical (unpaired) electrons. The van der Waals surface area contributed by atoms with Gasteiger partial charge in [-0.3, -0.25) is 14.4 Å². The Kier molecular flexibility index (Phi) is 6.35. The first-order valence-corrected chi connectivity index (χ1v) is 12.3. The highest BCUT2D eigenvalue weighted by molar-refractivity contribution is 5.99. The zero-order valence-corrected chi connectivity index (χ0v) is 19.7. The molecule has 1 saturated carbocycles. The number of rotatable bonds is 5. The van der Waals surface area contributed by atoms with E-state index in [1.54, 1.807) is 6.07 Å². The molecule has 4 atom stereocenters. The Morgan fingerprint density at radius 1 is 1.15 bits per heavy atom. The standard InChI is InChI=1S/C25H34N4O5/c1-27-8-10-28(11-9-27)16-6-7-17(24(26)32)18(12-16)21(15-4-2-3-5-15)25(33)29-13-19(30)23-22(29)20(31)14-34-23/h6-7,12,15,19,21-23,30H,2-5,8-11,13-14H2,1H3,(H2,26,32)/t19-,21-,22+,23+/m0/s1. The van der Waals surface area contributed by atoms with Gasteiger partial charge in [0.1, 0.15) is 24.9 Å². The third kappa shape index (κ3) is 4.10. The molecule has 1 aromatic rings. The normalized spacial score (nSPS) is 29.0. The smallest absolute Gasteiger partial charge is 0.249 e. The molecule has 3 N–H and O–H groups in total. The summed E-state index contributed by atoms with van der Waals surface area (Å²) in [6, 6.07) is 4.86. The molecular weight excluding hydrogens is 436 g/mol. The summed E-state index contributed by atoms with van der Waals surface area (Å²) in [6.07, 6.45) is 2.24. The summed E-state index contributed by atoms with van der Waals surface area (Å²) in [4.78, 5) is 45.2. The molecule has 3 aliphatic heterocycles. The van der Waals surface area contributed by atoms with E-state index in [-0.39, 0.29) is 30.8 Å². The molecule has 9 nitrogen and oxygen atoms in total. The predicted molar refractivity (Wildman–Crippen MR) is 126 cm³/mol. The van der Waals surface area contributed by atoms with E-state index < -0.39 is 30.1 Å². The summed E-state index contributed by atoms with van der Waals surface area (Å²) in [7, 11) is 2.10. The van der Waals surface area contributed by atoms with Crippen molar-refractivity contribution in [1.82, 2.24) is 9.80 Å². The minimum atomic E-state index is -0.892. The van der Waals surface area contributed by atoms with Gasteiger partial charge in [-0.25, -0.2) is 0 Å². The molecule has 4 aliphatic rings. The number of anilines is 1. The van der Waals surface area contributed by atoms with E-state index in [0.29, 0.717) is 11.1 Å². The number of piperazine rings is 1. The lowest BCUT2D eigenvalue weighted by Crippen LogP contribution is -2.46. The van der Waals surface area contributed by atoms with Crippen LogP contribution in [0.15, 0.2) is 18.2 Å². The van der Waals surface area contributed by atoms with Crippen molar-refractivity contribution < 1.29 is 24.2 Å². The summed E-state index contributed by atoms with van der Waals surface area (Å²) < 4.78 is 5.48. The molecule has 1 aliphatic carbocycles. The van der Waals surface area contributed by atoms with Crippen LogP contribution in [-0.2, 0) is 14.3 Å². The number of carbonyl (C=O) groups is 3. The molecule has 4 fully saturated rings. The first-order valence-electron chi connectivity index (χ1n) is 12.3. The fourth-order valence-corrected chi connectivity index (χ4v) is 6.21. The summed E-state index contributed by atoms with van der Waals surface area (Å²) >= 11 is 0. The number of ether oxygens (including phenoxy) is 1. The van der Waals surface area contributed by atoms with E-state index in [1.165, 1.54) is 4.90 Å². The zero-order chi connectivity index (χ0) is 24.0. The fraction of sp³-hybridized carbons (Fsp3) is 0.640. The first-order chi connectivity index (χ1) is 16.3. The molecule has 0 aromatic heterocycles. The van der Waals surface area contributed by atoms with Gasteiger partial charge in [0.2, 0.25) is 11.8 Å². The molecule has 1 aromatic carbocycles. The van der Waals surface area contributed by atoms with Crippen LogP contribution in [0.5, 0.6) is 0 Å². The summed E-state index contributed by atoms with van der Waals surface area (Å²) in [5.41, 5.74) is 7.76. The van der Waals surface area contributed by atoms with Crippen LogP contribution in [0.2, 0.25) is 0 Å². The first kappa shape index (κ1) is 23.3. The SMILES string of the molecule is CN1CCN(c2ccc(C(N)=O)c([C@@H](C(=O)N3C[C@H](O)[C@H]4OCC(=O)[C@H]43)C3CCCC3)c2)CC1. The molecule has 2 amide bonds. The van der Waals surface area contributed by atoms with E-state index in [1.807, 2.05) is 12.1 Å². The molecule has 0 bridgehead atoms. The molecule has 0 spiro atoms. The van der Waals surface area contributed by atoms with Crippen LogP contribution in [0.1, 0.15) is 47.5 Å². The molecule has 0 unspecified atom stereocenters. The molecular formula is C25H34N4O5. The van der Waals surface area contributed by atoms with Gasteiger partial charge in [-0.15, -0.1) is 0 Å². The highest BCUT2D eigenvalue weighted by Gasteiger charge is 2.53. The second-order valence-electron chi connectivity index (χ2n) is 10.2. The quantitative estimate of drug-likeness (QED) is 0.638. The van der Waals surface area contributed by atoms with Gasteiger partial charge in [-0.2, -0.15) is 0 Å². The molecule has 3 heterocycles. The average Bonchev–Trinajstić information content (AvgIpc) is 3.55. The Balaban J connectivity index is 1.54. The van der Waals surface area contributed by atoms with Crippen molar-refractivity contribution in [1.29, 1.82) is 0 Å². The van der Waals surface area contributed by atoms with Crippen LogP contribution < -0.4 is 10.6 Å². The number of Topliss-reactive ketones (excluding diaryl/α,β-unsaturated/α-hetero) is 1. The lowest BCUT2D eigenvalue weighted by atomic mass is 9.80. The van der Waals surface area contributed by atoms with E-state index >= 15 is 0 Å². The minimum absolute atomic E-state index is 0.0574. The summed E-state index contributed by atoms with van der Waals surface area (Å²) in [5.74, 6) is -1.48. The fourth-order valence-electron chi connectivity index (χ4n) is 6.21. The van der Waals surface area contributed by atoms with Crippen molar-refractivity contribution in [2.75, 3.05) is 51.3 Å². The monoisotopic (exact) mass is 470 g/mol. The van der Waals surface area contributed by atoms with Gasteiger partial charge in [0.05, 0.1) is 12.5 Å². The molecule has 3 saturated heterocycles. The number of likely N-dealkylation sites (N-methyl/N-ethyl adjacent to an activating group) is 1. The molecule has 5 rings (SSSR count). The number of aliphatic hydroxyl groups is 1. The Morgan fingerprint density at radius 2 is 1.85 bits per heavy atom. The second kappa shape index (κ2) is 9.28. The van der Waals surface area contributed by atoms with Crippen LogP contribution in [0.25, 0.3) is 0 Å². The third-order valence-corrected chi connectivity index (χ3v) is 8.08. The Labute approximate surface area is 199 Å². The largest absolute Gasteiger partial charge is 0.388 e. The van der Waals surface area contributed by atoms with E-state index in [2.05, 4.69) is 16.8 Å². The van der Waals surface area contributed by atoms with Crippen LogP contribution in [0.3, 0.4) is 0 Å². The number of benzene rings is 1. The Bertz CT molecular complexity index is 970. The summed E-state index contributed by atoms with van der Waals surface area (Å²) in [5, 5.41) is 10.5. The molecule has 9 heteroatoms. The van der Waals surface area contributed by atoms with Gasteiger partial charge >= 0.3 is 0 Å². The maximum Gasteiger partial charge on any atom is 0.249 e. The van der Waals surface area contributed by atoms with Crippen molar-refractivity contribution in [2.24, 2.45) is 11.7 Å². The maximum atomic E-state index is 14.1. The van der Waals surface area contributed by atoms with Gasteiger partial charge in [0.25, 0.3) is 0 Å². The molecule has 184 valence electrons. The maximum absolute atomic E-state index is 14.1. The van der Waals surface area contributed by atoms with Crippen LogP contribution in [0, 0.1) is 5.92 Å². The third-order valence-electron chi connectivity index (χ3n) is 8.08. The zero-order valence-electron chi connectivity index (χ0n) is 19.7. The highest BCUT2D eigenvalue weighted by Crippen LogP contribution is 2.42. The van der Waals surface area contributed by atoms with Crippen molar-refractivity contribution in [3.63, 3.8) is 0 Å². The van der Waals surface area contributed by atoms with Crippen LogP contribution in [0.4, 0.5) is 5.69 Å². The van der Waals surface area contributed by atoms with Crippen molar-refractivity contribution in [3.8, 4) is 0 Å².